The number of hydrogen-bond donors (Lipinski definition) is 1. The van der Waals surface area contributed by atoms with E-state index in [9.17, 15) is 4.79 Å². The van der Waals surface area contributed by atoms with E-state index in [1.165, 1.54) is 0 Å². The molecule has 0 heterocycles. The quantitative estimate of drug-likeness (QED) is 0.879. The van der Waals surface area contributed by atoms with Crippen LogP contribution >= 0.6 is 11.6 Å². The number of anilines is 1. The highest BCUT2D eigenvalue weighted by molar-refractivity contribution is 6.30. The van der Waals surface area contributed by atoms with Crippen LogP contribution in [0.4, 0.5) is 5.69 Å². The second kappa shape index (κ2) is 5.97. The Labute approximate surface area is 124 Å². The molecule has 2 aromatic carbocycles. The van der Waals surface area contributed by atoms with Crippen LogP contribution in [0.5, 0.6) is 0 Å². The van der Waals surface area contributed by atoms with Gasteiger partial charge in [-0.15, -0.1) is 0 Å². The van der Waals surface area contributed by atoms with Crippen molar-refractivity contribution in [2.24, 2.45) is 0 Å². The fraction of sp³-hybridized carbons (Fsp3) is 0.188. The monoisotopic (exact) mass is 288 g/mol. The van der Waals surface area contributed by atoms with Crippen molar-refractivity contribution in [1.29, 1.82) is 0 Å². The number of nitrogen functional groups attached to an aromatic ring is 1. The van der Waals surface area contributed by atoms with Crippen LogP contribution in [0.15, 0.2) is 42.5 Å². The third-order valence-corrected chi connectivity index (χ3v) is 3.42. The lowest BCUT2D eigenvalue weighted by Gasteiger charge is -2.18. The van der Waals surface area contributed by atoms with Crippen LogP contribution in [-0.2, 0) is 6.54 Å². The number of amides is 1. The largest absolute Gasteiger partial charge is 0.398 e. The number of aryl methyl sites for hydroxylation is 1. The average Bonchev–Trinajstić information content (AvgIpc) is 2.41. The minimum Gasteiger partial charge on any atom is -0.398 e. The molecule has 1 amide bonds. The van der Waals surface area contributed by atoms with Gasteiger partial charge in [0.2, 0.25) is 0 Å². The lowest BCUT2D eigenvalue weighted by Crippen LogP contribution is -2.26. The highest BCUT2D eigenvalue weighted by atomic mass is 35.5. The molecule has 0 fully saturated rings. The number of halogens is 1. The number of nitrogens with zero attached hydrogens (tertiary/aromatic N) is 1. The van der Waals surface area contributed by atoms with Crippen molar-refractivity contribution in [3.05, 3.63) is 64.2 Å². The van der Waals surface area contributed by atoms with Gasteiger partial charge in [0.1, 0.15) is 0 Å². The summed E-state index contributed by atoms with van der Waals surface area (Å²) in [6, 6.07) is 12.9. The van der Waals surface area contributed by atoms with Crippen molar-refractivity contribution in [2.75, 3.05) is 12.8 Å². The van der Waals surface area contributed by atoms with E-state index in [-0.39, 0.29) is 5.91 Å². The Bertz CT molecular complexity index is 640. The van der Waals surface area contributed by atoms with Gasteiger partial charge in [-0.25, -0.2) is 0 Å². The van der Waals surface area contributed by atoms with Crippen LogP contribution < -0.4 is 5.73 Å². The second-order valence-electron chi connectivity index (χ2n) is 4.86. The van der Waals surface area contributed by atoms with Gasteiger partial charge in [-0.3, -0.25) is 4.79 Å². The maximum atomic E-state index is 12.3. The molecule has 2 aromatic rings. The van der Waals surface area contributed by atoms with E-state index in [0.717, 1.165) is 11.1 Å². The van der Waals surface area contributed by atoms with Gasteiger partial charge in [-0.2, -0.15) is 0 Å². The fourth-order valence-corrected chi connectivity index (χ4v) is 2.19. The highest BCUT2D eigenvalue weighted by Crippen LogP contribution is 2.16. The first-order valence-electron chi connectivity index (χ1n) is 6.33. The summed E-state index contributed by atoms with van der Waals surface area (Å²) in [5, 5.41) is 0.669. The summed E-state index contributed by atoms with van der Waals surface area (Å²) in [7, 11) is 1.76. The van der Waals surface area contributed by atoms with Gasteiger partial charge in [0, 0.05) is 29.9 Å². The predicted octanol–water partition coefficient (Wildman–Crippen LogP) is 3.50. The first kappa shape index (κ1) is 14.4. The average molecular weight is 289 g/mol. The molecule has 104 valence electrons. The number of carbonyl (C=O) groups excluding carboxylic acids is 1. The molecule has 0 radical (unpaired) electrons. The number of carbonyl (C=O) groups is 1. The molecule has 0 aliphatic heterocycles. The van der Waals surface area contributed by atoms with Crippen molar-refractivity contribution >= 4 is 23.2 Å². The van der Waals surface area contributed by atoms with Crippen molar-refractivity contribution in [3.63, 3.8) is 0 Å². The molecule has 20 heavy (non-hydrogen) atoms. The van der Waals surface area contributed by atoms with Gasteiger partial charge in [0.05, 0.1) is 0 Å². The van der Waals surface area contributed by atoms with Crippen LogP contribution in [0.3, 0.4) is 0 Å². The van der Waals surface area contributed by atoms with Crippen molar-refractivity contribution in [2.45, 2.75) is 13.5 Å². The zero-order valence-corrected chi connectivity index (χ0v) is 12.3. The maximum absolute atomic E-state index is 12.3. The summed E-state index contributed by atoms with van der Waals surface area (Å²) in [6.07, 6.45) is 0. The maximum Gasteiger partial charge on any atom is 0.253 e. The Kier molecular flexibility index (Phi) is 4.30. The van der Waals surface area contributed by atoms with Crippen LogP contribution in [0.2, 0.25) is 5.02 Å². The van der Waals surface area contributed by atoms with E-state index in [0.29, 0.717) is 22.8 Å². The minimum atomic E-state index is -0.0586. The number of nitrogens with two attached hydrogens (primary N) is 1. The topological polar surface area (TPSA) is 46.3 Å². The summed E-state index contributed by atoms with van der Waals surface area (Å²) in [4.78, 5) is 14.0. The lowest BCUT2D eigenvalue weighted by atomic mass is 10.1. The number of rotatable bonds is 3. The van der Waals surface area contributed by atoms with Crippen molar-refractivity contribution in [3.8, 4) is 0 Å². The summed E-state index contributed by atoms with van der Waals surface area (Å²) >= 11 is 5.94. The molecule has 0 bridgehead atoms. The molecular weight excluding hydrogens is 272 g/mol. The van der Waals surface area contributed by atoms with Gasteiger partial charge in [-0.1, -0.05) is 29.8 Å². The smallest absolute Gasteiger partial charge is 0.253 e. The molecule has 0 aromatic heterocycles. The summed E-state index contributed by atoms with van der Waals surface area (Å²) < 4.78 is 0. The first-order chi connectivity index (χ1) is 9.47. The molecule has 2 rings (SSSR count). The lowest BCUT2D eigenvalue weighted by molar-refractivity contribution is 0.0785. The van der Waals surface area contributed by atoms with Gasteiger partial charge in [0.15, 0.2) is 0 Å². The number of benzene rings is 2. The molecule has 0 saturated heterocycles. The normalized spacial score (nSPS) is 10.3. The molecule has 4 heteroatoms. The van der Waals surface area contributed by atoms with E-state index >= 15 is 0 Å². The van der Waals surface area contributed by atoms with Gasteiger partial charge >= 0.3 is 0 Å². The molecule has 0 unspecified atom stereocenters. The Morgan fingerprint density at radius 1 is 1.25 bits per heavy atom. The fourth-order valence-electron chi connectivity index (χ4n) is 1.97. The summed E-state index contributed by atoms with van der Waals surface area (Å²) in [5.41, 5.74) is 9.03. The summed E-state index contributed by atoms with van der Waals surface area (Å²) in [5.74, 6) is -0.0586. The highest BCUT2D eigenvalue weighted by Gasteiger charge is 2.13. The molecule has 0 spiro atoms. The van der Waals surface area contributed by atoms with Crippen molar-refractivity contribution < 1.29 is 4.79 Å². The van der Waals surface area contributed by atoms with E-state index in [2.05, 4.69) is 0 Å². The molecule has 2 N–H and O–H groups in total. The van der Waals surface area contributed by atoms with Crippen LogP contribution in [0.25, 0.3) is 0 Å². The first-order valence-corrected chi connectivity index (χ1v) is 6.71. The zero-order chi connectivity index (χ0) is 14.7. The third kappa shape index (κ3) is 3.31. The van der Waals surface area contributed by atoms with E-state index in [1.54, 1.807) is 24.1 Å². The standard InChI is InChI=1S/C16H17ClN2O/c1-11-6-7-13(9-15(11)18)16(20)19(2)10-12-4-3-5-14(17)8-12/h3-9H,10,18H2,1-2H3. The molecule has 0 atom stereocenters. The van der Waals surface area contributed by atoms with E-state index in [4.69, 9.17) is 17.3 Å². The second-order valence-corrected chi connectivity index (χ2v) is 5.30. The Morgan fingerprint density at radius 3 is 2.65 bits per heavy atom. The van der Waals surface area contributed by atoms with E-state index < -0.39 is 0 Å². The summed E-state index contributed by atoms with van der Waals surface area (Å²) in [6.45, 7) is 2.42. The molecule has 3 nitrogen and oxygen atoms in total. The van der Waals surface area contributed by atoms with Gasteiger partial charge in [-0.05, 0) is 42.3 Å². The minimum absolute atomic E-state index is 0.0586. The molecular formula is C16H17ClN2O. The molecule has 0 aliphatic rings. The zero-order valence-electron chi connectivity index (χ0n) is 11.6. The predicted molar refractivity (Wildman–Crippen MR) is 82.8 cm³/mol. The van der Waals surface area contributed by atoms with Gasteiger partial charge < -0.3 is 10.6 Å². The SMILES string of the molecule is Cc1ccc(C(=O)N(C)Cc2cccc(Cl)c2)cc1N. The third-order valence-electron chi connectivity index (χ3n) is 3.18. The Hall–Kier alpha value is -2.00. The van der Waals surface area contributed by atoms with Crippen molar-refractivity contribution in [1.82, 2.24) is 4.90 Å². The molecule has 0 aliphatic carbocycles. The van der Waals surface area contributed by atoms with E-state index in [1.807, 2.05) is 37.3 Å². The van der Waals surface area contributed by atoms with Crippen LogP contribution in [0, 0.1) is 6.92 Å². The molecule has 0 saturated carbocycles. The Morgan fingerprint density at radius 2 is 2.00 bits per heavy atom. The van der Waals surface area contributed by atoms with Crippen LogP contribution in [-0.4, -0.2) is 17.9 Å². The Balaban J connectivity index is 2.14. The number of hydrogen-bond acceptors (Lipinski definition) is 2. The van der Waals surface area contributed by atoms with Crippen LogP contribution in [0.1, 0.15) is 21.5 Å². The van der Waals surface area contributed by atoms with Gasteiger partial charge in [0.25, 0.3) is 5.91 Å².